The maximum atomic E-state index is 8.58. The zero-order valence-corrected chi connectivity index (χ0v) is 14.5. The van der Waals surface area contributed by atoms with E-state index in [1.807, 2.05) is 30.3 Å². The number of anilines is 1. The summed E-state index contributed by atoms with van der Waals surface area (Å²) in [4.78, 5) is 0. The number of nitrogens with one attached hydrogen (secondary N) is 1. The fraction of sp³-hybridized carbons (Fsp3) is 0. The van der Waals surface area contributed by atoms with Crippen molar-refractivity contribution in [1.82, 2.24) is 0 Å². The average Bonchev–Trinajstić information content (AvgIpc) is 2.69. The minimum absolute atomic E-state index is 0.525. The molecule has 3 nitrogen and oxygen atoms in total. The van der Waals surface area contributed by atoms with Gasteiger partial charge in [-0.1, -0.05) is 86.0 Å². The molecule has 0 spiro atoms. The molecule has 0 aromatic heterocycles. The summed E-state index contributed by atoms with van der Waals surface area (Å²) < 4.78 is 0. The smallest absolute Gasteiger partial charge is 0.423 e. The van der Waals surface area contributed by atoms with E-state index in [0.29, 0.717) is 5.46 Å². The lowest BCUT2D eigenvalue weighted by Gasteiger charge is -2.10. The third-order valence-electron chi connectivity index (χ3n) is 3.68. The highest BCUT2D eigenvalue weighted by Crippen LogP contribution is 2.24. The third kappa shape index (κ3) is 5.48. The van der Waals surface area contributed by atoms with Crippen LogP contribution < -0.4 is 10.8 Å². The van der Waals surface area contributed by atoms with Crippen molar-refractivity contribution in [3.8, 4) is 0 Å². The average molecular weight is 343 g/mol. The van der Waals surface area contributed by atoms with Crippen molar-refractivity contribution in [1.29, 1.82) is 0 Å². The van der Waals surface area contributed by atoms with Gasteiger partial charge in [-0.3, -0.25) is 0 Å². The Balaban J connectivity index is 0.000000228. The molecule has 0 radical (unpaired) electrons. The van der Waals surface area contributed by atoms with E-state index in [1.54, 1.807) is 36.4 Å². The Kier molecular flexibility index (Phi) is 7.43. The summed E-state index contributed by atoms with van der Waals surface area (Å²) in [6.45, 7) is 7.47. The number of fused-ring (bicyclic) bond motifs is 1. The second kappa shape index (κ2) is 10.0. The van der Waals surface area contributed by atoms with Crippen LogP contribution in [-0.2, 0) is 0 Å². The maximum Gasteiger partial charge on any atom is 0.488 e. The van der Waals surface area contributed by atoms with E-state index in [-0.39, 0.29) is 0 Å². The largest absolute Gasteiger partial charge is 0.488 e. The van der Waals surface area contributed by atoms with Gasteiger partial charge in [0, 0.05) is 16.8 Å². The normalized spacial score (nSPS) is 10.5. The van der Waals surface area contributed by atoms with E-state index >= 15 is 0 Å². The molecule has 0 aliphatic rings. The van der Waals surface area contributed by atoms with Crippen LogP contribution in [0, 0.1) is 0 Å². The molecule has 3 N–H and O–H groups in total. The number of hydrogen-bond acceptors (Lipinski definition) is 3. The van der Waals surface area contributed by atoms with Crippen molar-refractivity contribution in [3.63, 3.8) is 0 Å². The molecule has 130 valence electrons. The van der Waals surface area contributed by atoms with E-state index in [2.05, 4.69) is 42.7 Å². The zero-order chi connectivity index (χ0) is 18.8. The first kappa shape index (κ1) is 19.3. The van der Waals surface area contributed by atoms with E-state index < -0.39 is 7.12 Å². The van der Waals surface area contributed by atoms with E-state index in [0.717, 1.165) is 11.4 Å². The minimum atomic E-state index is -1.34. The van der Waals surface area contributed by atoms with Crippen LogP contribution in [0.3, 0.4) is 0 Å². The van der Waals surface area contributed by atoms with Gasteiger partial charge in [-0.2, -0.15) is 0 Å². The molecule has 0 amide bonds. The SMILES string of the molecule is C=C/C=C(\C=C)Nc1cccc2ccccc12.OB(O)c1ccccc1. The van der Waals surface area contributed by atoms with Gasteiger partial charge >= 0.3 is 7.12 Å². The number of rotatable bonds is 5. The highest BCUT2D eigenvalue weighted by Gasteiger charge is 2.07. The predicted octanol–water partition coefficient (Wildman–Crippen LogP) is 3.87. The Hall–Kier alpha value is -3.08. The molecule has 0 unspecified atom stereocenters. The van der Waals surface area contributed by atoms with Crippen LogP contribution >= 0.6 is 0 Å². The minimum Gasteiger partial charge on any atom is -0.423 e. The van der Waals surface area contributed by atoms with E-state index in [9.17, 15) is 0 Å². The fourth-order valence-corrected chi connectivity index (χ4v) is 2.40. The number of hydrogen-bond donors (Lipinski definition) is 3. The highest BCUT2D eigenvalue weighted by molar-refractivity contribution is 6.58. The quantitative estimate of drug-likeness (QED) is 0.487. The molecule has 3 aromatic carbocycles. The van der Waals surface area contributed by atoms with Gasteiger partial charge in [0.05, 0.1) is 0 Å². The molecule has 0 bridgehead atoms. The highest BCUT2D eigenvalue weighted by atomic mass is 16.4. The number of benzene rings is 3. The third-order valence-corrected chi connectivity index (χ3v) is 3.68. The van der Waals surface area contributed by atoms with Gasteiger partial charge < -0.3 is 15.4 Å². The van der Waals surface area contributed by atoms with Crippen molar-refractivity contribution in [2.75, 3.05) is 5.32 Å². The predicted molar refractivity (Wildman–Crippen MR) is 112 cm³/mol. The van der Waals surface area contributed by atoms with Gasteiger partial charge in [0.2, 0.25) is 0 Å². The van der Waals surface area contributed by atoms with E-state index in [4.69, 9.17) is 10.0 Å². The molecule has 0 heterocycles. The topological polar surface area (TPSA) is 52.5 Å². The van der Waals surface area contributed by atoms with Crippen molar-refractivity contribution in [2.24, 2.45) is 0 Å². The Morgan fingerprint density at radius 2 is 1.50 bits per heavy atom. The molecular formula is C22H22BNO2. The second-order valence-electron chi connectivity index (χ2n) is 5.50. The molecule has 0 atom stereocenters. The van der Waals surface area contributed by atoms with Gasteiger partial charge in [-0.15, -0.1) is 0 Å². The summed E-state index contributed by atoms with van der Waals surface area (Å²) in [5, 5.41) is 22.9. The van der Waals surface area contributed by atoms with Crippen molar-refractivity contribution >= 4 is 29.0 Å². The van der Waals surface area contributed by atoms with Crippen LogP contribution in [0.1, 0.15) is 0 Å². The molecule has 0 aliphatic carbocycles. The molecule has 0 fully saturated rings. The Labute approximate surface area is 154 Å². The van der Waals surface area contributed by atoms with Crippen molar-refractivity contribution in [3.05, 3.63) is 110 Å². The Morgan fingerprint density at radius 1 is 0.846 bits per heavy atom. The van der Waals surface area contributed by atoms with E-state index in [1.165, 1.54) is 10.8 Å². The lowest BCUT2D eigenvalue weighted by molar-refractivity contribution is 0.426. The van der Waals surface area contributed by atoms with Crippen molar-refractivity contribution in [2.45, 2.75) is 0 Å². The lowest BCUT2D eigenvalue weighted by atomic mass is 9.81. The van der Waals surface area contributed by atoms with Gasteiger partial charge in [0.1, 0.15) is 0 Å². The van der Waals surface area contributed by atoms with Crippen molar-refractivity contribution < 1.29 is 10.0 Å². The van der Waals surface area contributed by atoms with Crippen LogP contribution in [0.25, 0.3) is 10.8 Å². The van der Waals surface area contributed by atoms with Crippen LogP contribution in [0.15, 0.2) is 110 Å². The summed E-state index contributed by atoms with van der Waals surface area (Å²) in [5.74, 6) is 0. The zero-order valence-electron chi connectivity index (χ0n) is 14.5. The fourth-order valence-electron chi connectivity index (χ4n) is 2.40. The molecule has 0 saturated heterocycles. The van der Waals surface area contributed by atoms with Gasteiger partial charge in [-0.05, 0) is 29.1 Å². The molecule has 0 aliphatic heterocycles. The molecular weight excluding hydrogens is 321 g/mol. The maximum absolute atomic E-state index is 8.58. The first-order chi connectivity index (χ1) is 12.7. The Bertz CT molecular complexity index is 884. The molecule has 3 aromatic rings. The summed E-state index contributed by atoms with van der Waals surface area (Å²) in [7, 11) is -1.34. The first-order valence-electron chi connectivity index (χ1n) is 8.26. The number of allylic oxidation sites excluding steroid dienone is 3. The summed E-state index contributed by atoms with van der Waals surface area (Å²) >= 11 is 0. The lowest BCUT2D eigenvalue weighted by Crippen LogP contribution is -2.29. The molecule has 0 saturated carbocycles. The Morgan fingerprint density at radius 3 is 2.12 bits per heavy atom. The molecule has 4 heteroatoms. The monoisotopic (exact) mass is 343 g/mol. The van der Waals surface area contributed by atoms with Gasteiger partial charge in [0.25, 0.3) is 0 Å². The summed E-state index contributed by atoms with van der Waals surface area (Å²) in [5.41, 5.74) is 2.55. The molecule has 3 rings (SSSR count). The van der Waals surface area contributed by atoms with Gasteiger partial charge in [0.15, 0.2) is 0 Å². The van der Waals surface area contributed by atoms with Crippen LogP contribution in [-0.4, -0.2) is 17.2 Å². The van der Waals surface area contributed by atoms with Crippen LogP contribution in [0.2, 0.25) is 0 Å². The van der Waals surface area contributed by atoms with Gasteiger partial charge in [-0.25, -0.2) is 0 Å². The van der Waals surface area contributed by atoms with Crippen LogP contribution in [0.5, 0.6) is 0 Å². The standard InChI is InChI=1S/C16H15N.C6H7BO2/c1-3-8-14(4-2)17-16-12-7-10-13-9-5-6-11-15(13)16;8-7(9)6-4-2-1-3-5-6/h3-12,17H,1-2H2;1-5,8-9H/b14-8+;. The summed E-state index contributed by atoms with van der Waals surface area (Å²) in [6, 6.07) is 23.1. The van der Waals surface area contributed by atoms with Crippen LogP contribution in [0.4, 0.5) is 5.69 Å². The summed E-state index contributed by atoms with van der Waals surface area (Å²) in [6.07, 6.45) is 5.42. The second-order valence-corrected chi connectivity index (χ2v) is 5.50. The first-order valence-corrected chi connectivity index (χ1v) is 8.26. The molecule has 26 heavy (non-hydrogen) atoms.